The second-order valence-electron chi connectivity index (χ2n) is 7.08. The third-order valence-corrected chi connectivity index (χ3v) is 5.18. The molecular weight excluding hydrogens is 393 g/mol. The second kappa shape index (κ2) is 6.81. The Morgan fingerprint density at radius 2 is 1.71 bits per heavy atom. The summed E-state index contributed by atoms with van der Waals surface area (Å²) in [7, 11) is 0. The molecule has 0 aliphatic rings. The van der Waals surface area contributed by atoms with E-state index in [2.05, 4.69) is 30.1 Å². The molecule has 31 heavy (non-hydrogen) atoms. The lowest BCUT2D eigenvalue weighted by Crippen LogP contribution is -1.85. The number of nitrogens with zero attached hydrogens (tertiary/aromatic N) is 5. The summed E-state index contributed by atoms with van der Waals surface area (Å²) in [6.07, 6.45) is 7.02. The molecule has 1 aromatic carbocycles. The maximum Gasteiger partial charge on any atom is 0.161 e. The van der Waals surface area contributed by atoms with E-state index in [0.717, 1.165) is 27.6 Å². The molecule has 0 atom stereocenters. The van der Waals surface area contributed by atoms with Gasteiger partial charge in [-0.25, -0.2) is 19.3 Å². The average molecular weight is 407 g/mol. The van der Waals surface area contributed by atoms with Crippen molar-refractivity contribution in [2.24, 2.45) is 0 Å². The number of fused-ring (bicyclic) bond motifs is 2. The number of imidazole rings is 1. The van der Waals surface area contributed by atoms with Gasteiger partial charge in [-0.05, 0) is 35.9 Å². The minimum Gasteiger partial charge on any atom is -0.321 e. The van der Waals surface area contributed by atoms with E-state index in [9.17, 15) is 4.39 Å². The Hall–Kier alpha value is -4.46. The van der Waals surface area contributed by atoms with Crippen LogP contribution in [0.15, 0.2) is 73.3 Å². The third-order valence-electron chi connectivity index (χ3n) is 5.18. The van der Waals surface area contributed by atoms with Gasteiger partial charge in [0.2, 0.25) is 0 Å². The van der Waals surface area contributed by atoms with Gasteiger partial charge in [-0.2, -0.15) is 5.10 Å². The van der Waals surface area contributed by atoms with Crippen molar-refractivity contribution < 1.29 is 4.39 Å². The summed E-state index contributed by atoms with van der Waals surface area (Å²) in [6, 6.07) is 14.1. The van der Waals surface area contributed by atoms with Crippen molar-refractivity contribution in [2.45, 2.75) is 0 Å². The highest BCUT2D eigenvalue weighted by Gasteiger charge is 2.17. The average Bonchev–Trinajstić information content (AvgIpc) is 3.43. The fraction of sp³-hybridized carbons (Fsp3) is 0. The highest BCUT2D eigenvalue weighted by Crippen LogP contribution is 2.31. The zero-order chi connectivity index (χ0) is 20.8. The zero-order valence-electron chi connectivity index (χ0n) is 16.0. The van der Waals surface area contributed by atoms with Crippen molar-refractivity contribution in [3.8, 4) is 33.8 Å². The Bertz CT molecular complexity index is 1540. The van der Waals surface area contributed by atoms with Gasteiger partial charge >= 0.3 is 0 Å². The summed E-state index contributed by atoms with van der Waals surface area (Å²) in [4.78, 5) is 21.1. The van der Waals surface area contributed by atoms with Crippen LogP contribution in [0.2, 0.25) is 0 Å². The molecule has 6 rings (SSSR count). The number of H-pyrrole nitrogens is 2. The third kappa shape index (κ3) is 2.93. The molecule has 0 bridgehead atoms. The van der Waals surface area contributed by atoms with Gasteiger partial charge in [0.25, 0.3) is 0 Å². The monoisotopic (exact) mass is 407 g/mol. The van der Waals surface area contributed by atoms with E-state index in [1.165, 1.54) is 12.1 Å². The molecule has 2 N–H and O–H groups in total. The predicted octanol–water partition coefficient (Wildman–Crippen LogP) is 4.76. The van der Waals surface area contributed by atoms with Crippen LogP contribution < -0.4 is 0 Å². The first kappa shape index (κ1) is 17.4. The molecule has 0 fully saturated rings. The van der Waals surface area contributed by atoms with Gasteiger partial charge in [0.15, 0.2) is 17.1 Å². The molecule has 5 aromatic heterocycles. The molecule has 0 amide bonds. The molecular formula is C23H14FN7. The SMILES string of the molecule is Fc1ccc(-c2ccnc3[nH]c(-c4n[nH]c5ncc(-c6cccnc6)cc45)nc23)cc1. The summed E-state index contributed by atoms with van der Waals surface area (Å²) in [5.41, 5.74) is 6.26. The van der Waals surface area contributed by atoms with Crippen LogP contribution in [0.5, 0.6) is 0 Å². The van der Waals surface area contributed by atoms with Crippen molar-refractivity contribution in [2.75, 3.05) is 0 Å². The first-order valence-corrected chi connectivity index (χ1v) is 9.62. The van der Waals surface area contributed by atoms with Crippen molar-refractivity contribution in [1.82, 2.24) is 35.1 Å². The zero-order valence-corrected chi connectivity index (χ0v) is 16.0. The summed E-state index contributed by atoms with van der Waals surface area (Å²) >= 11 is 0. The van der Waals surface area contributed by atoms with E-state index >= 15 is 0 Å². The van der Waals surface area contributed by atoms with E-state index in [-0.39, 0.29) is 5.82 Å². The van der Waals surface area contributed by atoms with Crippen molar-refractivity contribution >= 4 is 22.2 Å². The minimum absolute atomic E-state index is 0.281. The molecule has 0 aliphatic heterocycles. The first-order valence-electron chi connectivity index (χ1n) is 9.62. The number of nitrogens with one attached hydrogen (secondary N) is 2. The van der Waals surface area contributed by atoms with E-state index in [1.54, 1.807) is 36.9 Å². The summed E-state index contributed by atoms with van der Waals surface area (Å²) in [5.74, 6) is 0.296. The van der Waals surface area contributed by atoms with Crippen LogP contribution in [0.25, 0.3) is 56.0 Å². The van der Waals surface area contributed by atoms with E-state index < -0.39 is 0 Å². The number of hydrogen-bond acceptors (Lipinski definition) is 5. The Labute approximate surface area is 175 Å². The van der Waals surface area contributed by atoms with Crippen molar-refractivity contribution in [3.63, 3.8) is 0 Å². The molecule has 0 aliphatic carbocycles. The van der Waals surface area contributed by atoms with Crippen LogP contribution in [-0.4, -0.2) is 35.1 Å². The van der Waals surface area contributed by atoms with E-state index in [4.69, 9.17) is 4.98 Å². The fourth-order valence-corrected chi connectivity index (χ4v) is 3.66. The number of hydrogen-bond donors (Lipinski definition) is 2. The predicted molar refractivity (Wildman–Crippen MR) is 115 cm³/mol. The molecule has 6 aromatic rings. The van der Waals surface area contributed by atoms with Crippen molar-refractivity contribution in [1.29, 1.82) is 0 Å². The van der Waals surface area contributed by atoms with Crippen LogP contribution in [0.4, 0.5) is 4.39 Å². The first-order chi connectivity index (χ1) is 15.3. The number of halogens is 1. The quantitative estimate of drug-likeness (QED) is 0.441. The maximum atomic E-state index is 13.4. The lowest BCUT2D eigenvalue weighted by atomic mass is 10.1. The highest BCUT2D eigenvalue weighted by atomic mass is 19.1. The lowest BCUT2D eigenvalue weighted by Gasteiger charge is -2.01. The van der Waals surface area contributed by atoms with Crippen molar-refractivity contribution in [3.05, 3.63) is 79.1 Å². The van der Waals surface area contributed by atoms with Gasteiger partial charge in [0.05, 0.1) is 5.39 Å². The fourth-order valence-electron chi connectivity index (χ4n) is 3.66. The second-order valence-corrected chi connectivity index (χ2v) is 7.08. The standard InChI is InChI=1S/C23H14FN7/c24-16-5-3-13(4-6-16)17-7-9-26-22-19(17)28-23(29-22)20-18-10-15(12-27-21(18)31-30-20)14-2-1-8-25-11-14/h1-12H,(H,26,28,29)(H,27,30,31). The Morgan fingerprint density at radius 1 is 0.806 bits per heavy atom. The number of rotatable bonds is 3. The normalized spacial score (nSPS) is 11.4. The Kier molecular flexibility index (Phi) is 3.82. The number of aromatic amines is 2. The topological polar surface area (TPSA) is 96.0 Å². The van der Waals surface area contributed by atoms with Crippen LogP contribution in [0.3, 0.4) is 0 Å². The van der Waals surface area contributed by atoms with Crippen LogP contribution >= 0.6 is 0 Å². The number of aromatic nitrogens is 7. The van der Waals surface area contributed by atoms with Crippen LogP contribution in [-0.2, 0) is 0 Å². The number of benzene rings is 1. The number of pyridine rings is 3. The molecule has 5 heterocycles. The molecule has 0 saturated heterocycles. The van der Waals surface area contributed by atoms with Gasteiger partial charge in [-0.15, -0.1) is 0 Å². The largest absolute Gasteiger partial charge is 0.321 e. The van der Waals surface area contributed by atoms with Gasteiger partial charge in [-0.1, -0.05) is 18.2 Å². The molecule has 0 radical (unpaired) electrons. The van der Waals surface area contributed by atoms with Crippen LogP contribution in [0.1, 0.15) is 0 Å². The van der Waals surface area contributed by atoms with E-state index in [1.807, 2.05) is 24.3 Å². The lowest BCUT2D eigenvalue weighted by molar-refractivity contribution is 0.628. The summed E-state index contributed by atoms with van der Waals surface area (Å²) in [6.45, 7) is 0. The molecule has 148 valence electrons. The smallest absolute Gasteiger partial charge is 0.161 e. The highest BCUT2D eigenvalue weighted by molar-refractivity contribution is 5.96. The molecule has 0 spiro atoms. The van der Waals surface area contributed by atoms with Crippen LogP contribution in [0, 0.1) is 5.82 Å². The molecule has 8 heteroatoms. The minimum atomic E-state index is -0.281. The Morgan fingerprint density at radius 3 is 2.55 bits per heavy atom. The van der Waals surface area contributed by atoms with Gasteiger partial charge in [0, 0.05) is 41.5 Å². The molecule has 0 saturated carbocycles. The maximum absolute atomic E-state index is 13.4. The summed E-state index contributed by atoms with van der Waals surface area (Å²) in [5, 5.41) is 8.24. The van der Waals surface area contributed by atoms with Gasteiger partial charge < -0.3 is 4.98 Å². The molecule has 0 unspecified atom stereocenters. The van der Waals surface area contributed by atoms with Gasteiger partial charge in [-0.3, -0.25) is 10.1 Å². The molecule has 7 nitrogen and oxygen atoms in total. The van der Waals surface area contributed by atoms with E-state index in [0.29, 0.717) is 28.3 Å². The van der Waals surface area contributed by atoms with Gasteiger partial charge in [0.1, 0.15) is 17.0 Å². The summed E-state index contributed by atoms with van der Waals surface area (Å²) < 4.78 is 13.4. The Balaban J connectivity index is 1.51.